The molecule has 3 aromatic rings. The summed E-state index contributed by atoms with van der Waals surface area (Å²) in [4.78, 5) is 19.3. The Morgan fingerprint density at radius 1 is 0.941 bits per heavy atom. The number of benzene rings is 2. The Kier molecular flexibility index (Phi) is 7.44. The first-order chi connectivity index (χ1) is 16.0. The molecule has 9 nitrogen and oxygen atoms in total. The van der Waals surface area contributed by atoms with Crippen molar-refractivity contribution in [3.8, 4) is 11.5 Å². The number of halogens is 1. The van der Waals surface area contributed by atoms with E-state index in [9.17, 15) is 13.2 Å². The minimum absolute atomic E-state index is 0. The third-order valence-electron chi connectivity index (χ3n) is 6.09. The second-order valence-corrected chi connectivity index (χ2v) is 9.96. The minimum atomic E-state index is -3.72. The van der Waals surface area contributed by atoms with E-state index in [4.69, 9.17) is 9.47 Å². The van der Waals surface area contributed by atoms with Crippen molar-refractivity contribution in [2.24, 2.45) is 0 Å². The Hall–Kier alpha value is -2.63. The van der Waals surface area contributed by atoms with E-state index in [1.54, 1.807) is 18.2 Å². The van der Waals surface area contributed by atoms with Gasteiger partial charge >= 0.3 is 0 Å². The van der Waals surface area contributed by atoms with Crippen LogP contribution in [0.15, 0.2) is 58.4 Å². The molecule has 11 heteroatoms. The Balaban J connectivity index is 0.00000274. The quantitative estimate of drug-likeness (QED) is 0.503. The SMILES string of the molecule is Cl.O=c1[nH]ccc2c(S(=O)(=O)NCCN3CCN(Cc4ccc5c(c4)OCO5)CC3)cccc12. The Morgan fingerprint density at radius 2 is 1.71 bits per heavy atom. The second-order valence-electron chi connectivity index (χ2n) is 8.23. The molecule has 0 atom stereocenters. The van der Waals surface area contributed by atoms with Crippen LogP contribution in [0.2, 0.25) is 0 Å². The molecule has 0 spiro atoms. The van der Waals surface area contributed by atoms with Gasteiger partial charge in [-0.1, -0.05) is 12.1 Å². The standard InChI is InChI=1S/C23H26N4O5S.ClH/c28-23-19-2-1-3-22(18(19)6-7-24-23)33(29,30)25-8-9-26-10-12-27(13-11-26)15-17-4-5-20-21(14-17)32-16-31-20;/h1-7,14,25H,8-13,15-16H2,(H,24,28);1H. The Morgan fingerprint density at radius 3 is 2.53 bits per heavy atom. The molecule has 1 aromatic heterocycles. The van der Waals surface area contributed by atoms with Crippen LogP contribution in [-0.4, -0.2) is 69.3 Å². The highest BCUT2D eigenvalue weighted by Gasteiger charge is 2.21. The van der Waals surface area contributed by atoms with Crippen LogP contribution in [0.1, 0.15) is 5.56 Å². The molecule has 1 fully saturated rings. The predicted octanol–water partition coefficient (Wildman–Crippen LogP) is 1.77. The van der Waals surface area contributed by atoms with Crippen molar-refractivity contribution >= 4 is 33.2 Å². The molecule has 34 heavy (non-hydrogen) atoms. The summed E-state index contributed by atoms with van der Waals surface area (Å²) in [5.41, 5.74) is 0.887. The number of aromatic amines is 1. The van der Waals surface area contributed by atoms with E-state index in [2.05, 4.69) is 25.6 Å². The fourth-order valence-corrected chi connectivity index (χ4v) is 5.55. The molecule has 5 rings (SSSR count). The molecule has 2 aliphatic rings. The average Bonchev–Trinajstić information content (AvgIpc) is 3.28. The fraction of sp³-hybridized carbons (Fsp3) is 0.348. The van der Waals surface area contributed by atoms with Crippen molar-refractivity contribution in [1.29, 1.82) is 0 Å². The van der Waals surface area contributed by atoms with E-state index < -0.39 is 10.0 Å². The summed E-state index contributed by atoms with van der Waals surface area (Å²) in [6.07, 6.45) is 1.47. The van der Waals surface area contributed by atoms with Crippen LogP contribution >= 0.6 is 12.4 Å². The van der Waals surface area contributed by atoms with Crippen LogP contribution in [0.25, 0.3) is 10.8 Å². The third kappa shape index (κ3) is 5.21. The van der Waals surface area contributed by atoms with Gasteiger partial charge in [-0.3, -0.25) is 14.6 Å². The summed E-state index contributed by atoms with van der Waals surface area (Å²) < 4.78 is 39.2. The van der Waals surface area contributed by atoms with E-state index in [1.807, 2.05) is 12.1 Å². The first-order valence-corrected chi connectivity index (χ1v) is 12.4. The molecule has 0 amide bonds. The largest absolute Gasteiger partial charge is 0.454 e. The van der Waals surface area contributed by atoms with Gasteiger partial charge in [0.15, 0.2) is 11.5 Å². The van der Waals surface area contributed by atoms with Crippen LogP contribution in [-0.2, 0) is 16.6 Å². The number of hydrogen-bond donors (Lipinski definition) is 2. The number of nitrogens with one attached hydrogen (secondary N) is 2. The van der Waals surface area contributed by atoms with Gasteiger partial charge in [-0.25, -0.2) is 13.1 Å². The van der Waals surface area contributed by atoms with E-state index in [0.29, 0.717) is 23.9 Å². The van der Waals surface area contributed by atoms with Crippen LogP contribution in [0.4, 0.5) is 0 Å². The third-order valence-corrected chi connectivity index (χ3v) is 7.61. The van der Waals surface area contributed by atoms with E-state index in [-0.39, 0.29) is 29.7 Å². The minimum Gasteiger partial charge on any atom is -0.454 e. The molecule has 1 saturated heterocycles. The lowest BCUT2D eigenvalue weighted by Gasteiger charge is -2.34. The van der Waals surface area contributed by atoms with Crippen molar-refractivity contribution in [2.75, 3.05) is 46.1 Å². The fourth-order valence-electron chi connectivity index (χ4n) is 4.31. The molecular weight excluding hydrogens is 480 g/mol. The number of hydrogen-bond acceptors (Lipinski definition) is 7. The zero-order chi connectivity index (χ0) is 22.8. The highest BCUT2D eigenvalue weighted by molar-refractivity contribution is 7.89. The maximum absolute atomic E-state index is 12.9. The molecule has 182 valence electrons. The van der Waals surface area contributed by atoms with Gasteiger partial charge in [0.05, 0.1) is 4.90 Å². The number of pyridine rings is 1. The number of fused-ring (bicyclic) bond motifs is 2. The van der Waals surface area contributed by atoms with Crippen molar-refractivity contribution < 1.29 is 17.9 Å². The smallest absolute Gasteiger partial charge is 0.255 e. The lowest BCUT2D eigenvalue weighted by molar-refractivity contribution is 0.129. The number of H-pyrrole nitrogens is 1. The lowest BCUT2D eigenvalue weighted by Crippen LogP contribution is -2.48. The van der Waals surface area contributed by atoms with E-state index in [1.165, 1.54) is 17.8 Å². The molecule has 2 N–H and O–H groups in total. The number of ether oxygens (including phenoxy) is 2. The van der Waals surface area contributed by atoms with Crippen molar-refractivity contribution in [3.05, 3.63) is 64.6 Å². The molecule has 3 heterocycles. The summed E-state index contributed by atoms with van der Waals surface area (Å²) >= 11 is 0. The van der Waals surface area contributed by atoms with Gasteiger partial charge in [-0.05, 0) is 35.9 Å². The molecule has 0 unspecified atom stereocenters. The summed E-state index contributed by atoms with van der Waals surface area (Å²) in [7, 11) is -3.72. The summed E-state index contributed by atoms with van der Waals surface area (Å²) in [6.45, 7) is 5.62. The zero-order valence-corrected chi connectivity index (χ0v) is 20.2. The number of nitrogens with zero attached hydrogens (tertiary/aromatic N) is 2. The Labute approximate surface area is 204 Å². The van der Waals surface area contributed by atoms with Crippen LogP contribution < -0.4 is 19.8 Å². The van der Waals surface area contributed by atoms with Crippen molar-refractivity contribution in [1.82, 2.24) is 19.5 Å². The van der Waals surface area contributed by atoms with E-state index >= 15 is 0 Å². The maximum atomic E-state index is 12.9. The van der Waals surface area contributed by atoms with Gasteiger partial charge in [-0.15, -0.1) is 12.4 Å². The molecule has 0 aliphatic carbocycles. The van der Waals surface area contributed by atoms with Gasteiger partial charge in [-0.2, -0.15) is 0 Å². The summed E-state index contributed by atoms with van der Waals surface area (Å²) in [6, 6.07) is 12.4. The normalized spacial score (nSPS) is 16.5. The lowest BCUT2D eigenvalue weighted by atomic mass is 10.1. The highest BCUT2D eigenvalue weighted by Crippen LogP contribution is 2.32. The van der Waals surface area contributed by atoms with Crippen LogP contribution in [0.3, 0.4) is 0 Å². The van der Waals surface area contributed by atoms with Gasteiger partial charge in [0.2, 0.25) is 16.8 Å². The zero-order valence-electron chi connectivity index (χ0n) is 18.5. The molecule has 0 saturated carbocycles. The average molecular weight is 507 g/mol. The molecular formula is C23H27ClN4O5S. The predicted molar refractivity (Wildman–Crippen MR) is 131 cm³/mol. The second kappa shape index (κ2) is 10.3. The molecule has 0 radical (unpaired) electrons. The molecule has 0 bridgehead atoms. The highest BCUT2D eigenvalue weighted by atomic mass is 35.5. The van der Waals surface area contributed by atoms with Gasteiger partial charge in [0.25, 0.3) is 5.56 Å². The number of sulfonamides is 1. The first kappa shape index (κ1) is 24.5. The number of rotatable bonds is 7. The van der Waals surface area contributed by atoms with Crippen molar-refractivity contribution in [3.63, 3.8) is 0 Å². The van der Waals surface area contributed by atoms with Gasteiger partial charge in [0.1, 0.15) is 0 Å². The maximum Gasteiger partial charge on any atom is 0.255 e. The van der Waals surface area contributed by atoms with Gasteiger partial charge < -0.3 is 14.5 Å². The first-order valence-electron chi connectivity index (χ1n) is 10.9. The topological polar surface area (TPSA) is 104 Å². The van der Waals surface area contributed by atoms with Crippen LogP contribution in [0, 0.1) is 0 Å². The monoisotopic (exact) mass is 506 g/mol. The molecule has 2 aliphatic heterocycles. The number of piperazine rings is 1. The summed E-state index contributed by atoms with van der Waals surface area (Å²) in [5, 5.41) is 0.782. The Bertz CT molecular complexity index is 1320. The number of aromatic nitrogens is 1. The molecule has 2 aromatic carbocycles. The van der Waals surface area contributed by atoms with Crippen molar-refractivity contribution in [2.45, 2.75) is 11.4 Å². The van der Waals surface area contributed by atoms with Gasteiger partial charge in [0, 0.05) is 62.8 Å². The van der Waals surface area contributed by atoms with Crippen LogP contribution in [0.5, 0.6) is 11.5 Å². The summed E-state index contributed by atoms with van der Waals surface area (Å²) in [5.74, 6) is 1.59. The van der Waals surface area contributed by atoms with E-state index in [0.717, 1.165) is 44.2 Å².